The summed E-state index contributed by atoms with van der Waals surface area (Å²) in [4.78, 5) is 7.26. The molecule has 100 valence electrons. The molecule has 2 fully saturated rings. The smallest absolute Gasteiger partial charge is 0.231 e. The van der Waals surface area contributed by atoms with Crippen molar-refractivity contribution >= 4 is 22.6 Å². The van der Waals surface area contributed by atoms with Crippen molar-refractivity contribution in [1.29, 1.82) is 0 Å². The van der Waals surface area contributed by atoms with Gasteiger partial charge >= 0.3 is 0 Å². The number of nitrogens with zero attached hydrogens (tertiary/aromatic N) is 2. The summed E-state index contributed by atoms with van der Waals surface area (Å²) in [5.74, 6) is 2.81. The molecule has 0 aliphatic carbocycles. The topological polar surface area (TPSA) is 34.1 Å². The highest BCUT2D eigenvalue weighted by Gasteiger charge is 2.31. The van der Waals surface area contributed by atoms with Crippen LogP contribution in [0.4, 0.5) is 5.69 Å². The Bertz CT molecular complexity index is 532. The molecule has 1 atom stereocenters. The Kier molecular flexibility index (Phi) is 2.80. The molecule has 0 bridgehead atoms. The number of rotatable bonds is 1. The van der Waals surface area contributed by atoms with Crippen LogP contribution in [0, 0.1) is 0 Å². The van der Waals surface area contributed by atoms with E-state index < -0.39 is 0 Å². The van der Waals surface area contributed by atoms with E-state index in [1.807, 2.05) is 30.0 Å². The number of benzene rings is 1. The zero-order valence-corrected chi connectivity index (χ0v) is 11.5. The van der Waals surface area contributed by atoms with Crippen LogP contribution in [0.3, 0.4) is 0 Å². The molecule has 0 N–H and O–H groups in total. The molecule has 3 heterocycles. The number of fused-ring (bicyclic) bond motifs is 2. The average Bonchev–Trinajstić information content (AvgIpc) is 3.06. The summed E-state index contributed by atoms with van der Waals surface area (Å²) in [6.45, 7) is 1.47. The maximum atomic E-state index is 5.40. The van der Waals surface area contributed by atoms with E-state index in [1.54, 1.807) is 0 Å². The summed E-state index contributed by atoms with van der Waals surface area (Å²) in [7, 11) is 0. The zero-order valence-electron chi connectivity index (χ0n) is 10.7. The standard InChI is InChI=1S/C14H16N2O2S/c1-2-6-16-11(3-1)8-19-14(16)15-10-4-5-12-13(7-10)18-9-17-12/h4-5,7,11H,1-3,6,8-9H2/t11-/m1/s1. The molecule has 3 aliphatic heterocycles. The molecule has 4 rings (SSSR count). The number of ether oxygens (including phenoxy) is 2. The lowest BCUT2D eigenvalue weighted by molar-refractivity contribution is 0.174. The first kappa shape index (κ1) is 11.5. The fourth-order valence-corrected chi connectivity index (χ4v) is 4.11. The molecule has 3 aliphatic rings. The lowest BCUT2D eigenvalue weighted by atomic mass is 10.1. The van der Waals surface area contributed by atoms with Crippen molar-refractivity contribution in [3.05, 3.63) is 18.2 Å². The molecule has 1 aromatic rings. The van der Waals surface area contributed by atoms with Crippen molar-refractivity contribution in [1.82, 2.24) is 4.90 Å². The SMILES string of the molecule is c1cc2c(cc1N=C1SC[C@H]3CCCCN13)OCO2. The van der Waals surface area contributed by atoms with Gasteiger partial charge in [0.15, 0.2) is 16.7 Å². The minimum atomic E-state index is 0.318. The Morgan fingerprint density at radius 1 is 1.21 bits per heavy atom. The molecule has 0 amide bonds. The Labute approximate surface area is 116 Å². The second kappa shape index (κ2) is 4.63. The maximum absolute atomic E-state index is 5.40. The van der Waals surface area contributed by atoms with Crippen LogP contribution in [0.1, 0.15) is 19.3 Å². The van der Waals surface area contributed by atoms with Gasteiger partial charge in [-0.15, -0.1) is 0 Å². The van der Waals surface area contributed by atoms with E-state index in [0.717, 1.165) is 23.7 Å². The first-order valence-electron chi connectivity index (χ1n) is 6.78. The number of thioether (sulfide) groups is 1. The summed E-state index contributed by atoms with van der Waals surface area (Å²) in [6, 6.07) is 6.60. The van der Waals surface area contributed by atoms with Gasteiger partial charge in [0.2, 0.25) is 6.79 Å². The van der Waals surface area contributed by atoms with E-state index in [-0.39, 0.29) is 0 Å². The highest BCUT2D eigenvalue weighted by Crippen LogP contribution is 2.37. The first-order chi connectivity index (χ1) is 9.40. The average molecular weight is 276 g/mol. The highest BCUT2D eigenvalue weighted by atomic mass is 32.2. The van der Waals surface area contributed by atoms with E-state index >= 15 is 0 Å². The number of piperidine rings is 1. The minimum absolute atomic E-state index is 0.318. The summed E-state index contributed by atoms with van der Waals surface area (Å²) < 4.78 is 10.7. The Morgan fingerprint density at radius 2 is 2.16 bits per heavy atom. The van der Waals surface area contributed by atoms with Crippen molar-refractivity contribution < 1.29 is 9.47 Å². The minimum Gasteiger partial charge on any atom is -0.454 e. The molecule has 2 saturated heterocycles. The van der Waals surface area contributed by atoms with Crippen molar-refractivity contribution in [2.75, 3.05) is 19.1 Å². The van der Waals surface area contributed by atoms with Gasteiger partial charge in [-0.1, -0.05) is 11.8 Å². The van der Waals surface area contributed by atoms with Gasteiger partial charge in [0.25, 0.3) is 0 Å². The molecule has 0 saturated carbocycles. The van der Waals surface area contributed by atoms with Gasteiger partial charge in [-0.05, 0) is 31.4 Å². The van der Waals surface area contributed by atoms with Gasteiger partial charge in [0.1, 0.15) is 0 Å². The van der Waals surface area contributed by atoms with E-state index in [1.165, 1.54) is 30.2 Å². The third kappa shape index (κ3) is 2.06. The third-order valence-corrected chi connectivity index (χ3v) is 4.99. The monoisotopic (exact) mass is 276 g/mol. The molecule has 0 unspecified atom stereocenters. The predicted octanol–water partition coefficient (Wildman–Crippen LogP) is 3.00. The fraction of sp³-hybridized carbons (Fsp3) is 0.500. The molecule has 0 spiro atoms. The lowest BCUT2D eigenvalue weighted by Crippen LogP contribution is -2.37. The summed E-state index contributed by atoms with van der Waals surface area (Å²) >= 11 is 1.88. The number of hydrogen-bond acceptors (Lipinski definition) is 4. The summed E-state index contributed by atoms with van der Waals surface area (Å²) in [5, 5.41) is 1.17. The molecular formula is C14H16N2O2S. The van der Waals surface area contributed by atoms with Crippen LogP contribution in [0.2, 0.25) is 0 Å². The molecule has 5 heteroatoms. The molecule has 4 nitrogen and oxygen atoms in total. The largest absolute Gasteiger partial charge is 0.454 e. The lowest BCUT2D eigenvalue weighted by Gasteiger charge is -2.30. The Morgan fingerprint density at radius 3 is 3.16 bits per heavy atom. The molecule has 19 heavy (non-hydrogen) atoms. The Balaban J connectivity index is 1.61. The van der Waals surface area contributed by atoms with Gasteiger partial charge in [0, 0.05) is 24.4 Å². The van der Waals surface area contributed by atoms with Crippen LogP contribution in [-0.4, -0.2) is 35.2 Å². The number of hydrogen-bond donors (Lipinski definition) is 0. The summed E-state index contributed by atoms with van der Waals surface area (Å²) in [6.07, 6.45) is 3.96. The van der Waals surface area contributed by atoms with E-state index in [0.29, 0.717) is 12.8 Å². The van der Waals surface area contributed by atoms with Gasteiger partial charge < -0.3 is 14.4 Å². The fourth-order valence-electron chi connectivity index (χ4n) is 2.84. The van der Waals surface area contributed by atoms with Gasteiger partial charge in [-0.3, -0.25) is 0 Å². The van der Waals surface area contributed by atoms with Crippen LogP contribution >= 0.6 is 11.8 Å². The molecular weight excluding hydrogens is 260 g/mol. The van der Waals surface area contributed by atoms with Crippen molar-refractivity contribution in [3.63, 3.8) is 0 Å². The van der Waals surface area contributed by atoms with E-state index in [4.69, 9.17) is 14.5 Å². The van der Waals surface area contributed by atoms with Crippen LogP contribution < -0.4 is 9.47 Å². The highest BCUT2D eigenvalue weighted by molar-refractivity contribution is 8.14. The van der Waals surface area contributed by atoms with Crippen LogP contribution in [0.5, 0.6) is 11.5 Å². The summed E-state index contributed by atoms with van der Waals surface area (Å²) in [5.41, 5.74) is 0.956. The third-order valence-electron chi connectivity index (χ3n) is 3.86. The molecule has 0 radical (unpaired) electrons. The number of amidine groups is 1. The van der Waals surface area contributed by atoms with Gasteiger partial charge in [-0.2, -0.15) is 0 Å². The molecule has 0 aromatic heterocycles. The van der Waals surface area contributed by atoms with Crippen LogP contribution in [0.15, 0.2) is 23.2 Å². The van der Waals surface area contributed by atoms with Crippen molar-refractivity contribution in [2.45, 2.75) is 25.3 Å². The molecule has 1 aromatic carbocycles. The zero-order chi connectivity index (χ0) is 12.7. The first-order valence-corrected chi connectivity index (χ1v) is 7.76. The quantitative estimate of drug-likeness (QED) is 0.789. The van der Waals surface area contributed by atoms with Crippen molar-refractivity contribution in [2.24, 2.45) is 4.99 Å². The van der Waals surface area contributed by atoms with E-state index in [2.05, 4.69) is 4.90 Å². The van der Waals surface area contributed by atoms with Crippen molar-refractivity contribution in [3.8, 4) is 11.5 Å². The second-order valence-electron chi connectivity index (χ2n) is 5.09. The Hall–Kier alpha value is -1.36. The maximum Gasteiger partial charge on any atom is 0.231 e. The number of aliphatic imine (C=N–C) groups is 1. The van der Waals surface area contributed by atoms with Crippen LogP contribution in [0.25, 0.3) is 0 Å². The second-order valence-corrected chi connectivity index (χ2v) is 6.07. The van der Waals surface area contributed by atoms with Gasteiger partial charge in [0.05, 0.1) is 5.69 Å². The predicted molar refractivity (Wildman–Crippen MR) is 76.5 cm³/mol. The van der Waals surface area contributed by atoms with E-state index in [9.17, 15) is 0 Å². The van der Waals surface area contributed by atoms with Crippen LogP contribution in [-0.2, 0) is 0 Å². The normalized spacial score (nSPS) is 26.8. The van der Waals surface area contributed by atoms with Gasteiger partial charge in [-0.25, -0.2) is 4.99 Å².